The van der Waals surface area contributed by atoms with Gasteiger partial charge in [-0.05, 0) is 86.8 Å². The highest BCUT2D eigenvalue weighted by molar-refractivity contribution is 5.91. The fourth-order valence-electron chi connectivity index (χ4n) is 6.92. The summed E-state index contributed by atoms with van der Waals surface area (Å²) in [5.74, 6) is 8.94. The zero-order valence-corrected chi connectivity index (χ0v) is 19.3. The quantitative estimate of drug-likeness (QED) is 0.501. The Balaban J connectivity index is 1.58. The van der Waals surface area contributed by atoms with Crippen LogP contribution in [0.25, 0.3) is 0 Å². The molecular formula is C28H37NO2. The van der Waals surface area contributed by atoms with Gasteiger partial charge in [-0.25, -0.2) is 0 Å². The SMILES string of the molecule is CC1CCC2(C)C(CCC2(O)C#Cc2ccccc2N)[C@@H]1C(C)CC1=CC(=O)CCC1. The standard InChI is InChI=1S/C28H37NO2/c1-19-11-14-27(3)24(26(19)20(2)17-21-7-6-9-23(30)18-21)13-16-28(27,31)15-12-22-8-4-5-10-25(22)29/h4-5,8,10,18-20,24,26,31H,6-7,9,11,13-14,16-17,29H2,1-3H3/t19?,20?,24?,26-,27?,28?/m0/s1. The lowest BCUT2D eigenvalue weighted by Gasteiger charge is -2.51. The Morgan fingerprint density at radius 2 is 2.00 bits per heavy atom. The molecule has 0 aromatic heterocycles. The monoisotopic (exact) mass is 419 g/mol. The van der Waals surface area contributed by atoms with Gasteiger partial charge in [0.25, 0.3) is 0 Å². The van der Waals surface area contributed by atoms with E-state index < -0.39 is 5.60 Å². The Kier molecular flexibility index (Phi) is 6.05. The molecule has 3 heteroatoms. The maximum atomic E-state index is 11.9. The molecule has 0 bridgehead atoms. The second-order valence-electron chi connectivity index (χ2n) is 10.7. The maximum Gasteiger partial charge on any atom is 0.155 e. The van der Waals surface area contributed by atoms with E-state index in [9.17, 15) is 9.90 Å². The minimum Gasteiger partial charge on any atom is -0.398 e. The van der Waals surface area contributed by atoms with Crippen molar-refractivity contribution in [3.05, 3.63) is 41.5 Å². The summed E-state index contributed by atoms with van der Waals surface area (Å²) in [7, 11) is 0. The average molecular weight is 420 g/mol. The zero-order chi connectivity index (χ0) is 22.2. The first-order chi connectivity index (χ1) is 14.7. The van der Waals surface area contributed by atoms with E-state index in [1.165, 1.54) is 5.57 Å². The van der Waals surface area contributed by atoms with Crippen LogP contribution in [0.5, 0.6) is 0 Å². The Bertz CT molecular complexity index is 938. The lowest BCUT2D eigenvalue weighted by atomic mass is 9.54. The lowest BCUT2D eigenvalue weighted by molar-refractivity contribution is -0.115. The number of nitrogens with two attached hydrogens (primary N) is 1. The fourth-order valence-corrected chi connectivity index (χ4v) is 6.92. The van der Waals surface area contributed by atoms with Crippen molar-refractivity contribution in [1.82, 2.24) is 0 Å². The second-order valence-corrected chi connectivity index (χ2v) is 10.7. The van der Waals surface area contributed by atoms with Gasteiger partial charge in [0, 0.05) is 23.1 Å². The topological polar surface area (TPSA) is 63.3 Å². The van der Waals surface area contributed by atoms with Gasteiger partial charge in [0.2, 0.25) is 0 Å². The van der Waals surface area contributed by atoms with Gasteiger partial charge in [0.05, 0.1) is 0 Å². The summed E-state index contributed by atoms with van der Waals surface area (Å²) in [6, 6.07) is 7.63. The molecule has 0 aliphatic heterocycles. The van der Waals surface area contributed by atoms with Crippen LogP contribution in [0.4, 0.5) is 5.69 Å². The molecular weight excluding hydrogens is 382 g/mol. The molecule has 0 radical (unpaired) electrons. The summed E-state index contributed by atoms with van der Waals surface area (Å²) in [6.45, 7) is 7.01. The number of hydrogen-bond acceptors (Lipinski definition) is 3. The van der Waals surface area contributed by atoms with Gasteiger partial charge in [-0.2, -0.15) is 0 Å². The highest BCUT2D eigenvalue weighted by atomic mass is 16.3. The number of fused-ring (bicyclic) bond motifs is 1. The molecule has 2 fully saturated rings. The number of allylic oxidation sites excluding steroid dienone is 2. The highest BCUT2D eigenvalue weighted by Crippen LogP contribution is 2.62. The molecule has 0 spiro atoms. The zero-order valence-electron chi connectivity index (χ0n) is 19.3. The van der Waals surface area contributed by atoms with E-state index in [1.54, 1.807) is 0 Å². The van der Waals surface area contributed by atoms with Crippen LogP contribution >= 0.6 is 0 Å². The Morgan fingerprint density at radius 1 is 1.23 bits per heavy atom. The fraction of sp³-hybridized carbons (Fsp3) is 0.607. The maximum absolute atomic E-state index is 11.9. The van der Waals surface area contributed by atoms with Gasteiger partial charge < -0.3 is 10.8 Å². The third-order valence-electron chi connectivity index (χ3n) is 8.71. The molecule has 2 saturated carbocycles. The second kappa shape index (κ2) is 8.47. The van der Waals surface area contributed by atoms with Gasteiger partial charge in [-0.15, -0.1) is 0 Å². The van der Waals surface area contributed by atoms with Gasteiger partial charge in [-0.3, -0.25) is 4.79 Å². The van der Waals surface area contributed by atoms with E-state index in [0.717, 1.165) is 50.5 Å². The molecule has 5 unspecified atom stereocenters. The van der Waals surface area contributed by atoms with Gasteiger partial charge in [0.1, 0.15) is 5.60 Å². The predicted molar refractivity (Wildman–Crippen MR) is 126 cm³/mol. The molecule has 0 heterocycles. The van der Waals surface area contributed by atoms with Crippen molar-refractivity contribution in [3.63, 3.8) is 0 Å². The summed E-state index contributed by atoms with van der Waals surface area (Å²) in [4.78, 5) is 11.9. The van der Waals surface area contributed by atoms with Crippen LogP contribution in [0.2, 0.25) is 0 Å². The first kappa shape index (κ1) is 22.2. The van der Waals surface area contributed by atoms with E-state index in [-0.39, 0.29) is 5.41 Å². The van der Waals surface area contributed by atoms with Crippen molar-refractivity contribution in [2.45, 2.75) is 77.7 Å². The predicted octanol–water partition coefficient (Wildman–Crippen LogP) is 5.52. The number of ketones is 1. The number of para-hydroxylation sites is 1. The van der Waals surface area contributed by atoms with Crippen LogP contribution in [0, 0.1) is 40.9 Å². The average Bonchev–Trinajstić information content (AvgIpc) is 2.99. The molecule has 3 N–H and O–H groups in total. The van der Waals surface area contributed by atoms with Crippen LogP contribution in [0.3, 0.4) is 0 Å². The largest absolute Gasteiger partial charge is 0.398 e. The lowest BCUT2D eigenvalue weighted by Crippen LogP contribution is -2.50. The first-order valence-electron chi connectivity index (χ1n) is 12.1. The normalized spacial score (nSPS) is 36.2. The molecule has 0 saturated heterocycles. The van der Waals surface area contributed by atoms with Crippen molar-refractivity contribution in [2.24, 2.45) is 29.1 Å². The van der Waals surface area contributed by atoms with Crippen molar-refractivity contribution in [1.29, 1.82) is 0 Å². The Morgan fingerprint density at radius 3 is 2.74 bits per heavy atom. The summed E-state index contributed by atoms with van der Waals surface area (Å²) in [5.41, 5.74) is 7.69. The molecule has 1 aromatic carbocycles. The minimum absolute atomic E-state index is 0.203. The van der Waals surface area contributed by atoms with Crippen LogP contribution < -0.4 is 5.73 Å². The molecule has 0 amide bonds. The molecule has 4 rings (SSSR count). The number of anilines is 1. The highest BCUT2D eigenvalue weighted by Gasteiger charge is 2.60. The number of hydrogen-bond donors (Lipinski definition) is 2. The van der Waals surface area contributed by atoms with E-state index in [1.807, 2.05) is 30.3 Å². The first-order valence-corrected chi connectivity index (χ1v) is 12.1. The molecule has 3 nitrogen and oxygen atoms in total. The van der Waals surface area contributed by atoms with Crippen LogP contribution in [-0.2, 0) is 4.79 Å². The minimum atomic E-state index is -0.974. The molecule has 1 aromatic rings. The number of aliphatic hydroxyl groups is 1. The number of carbonyl (C=O) groups is 1. The number of benzene rings is 1. The Hall–Kier alpha value is -2.05. The summed E-state index contributed by atoms with van der Waals surface area (Å²) in [5, 5.41) is 11.8. The van der Waals surface area contributed by atoms with E-state index in [2.05, 4.69) is 32.6 Å². The molecule has 6 atom stereocenters. The molecule has 166 valence electrons. The van der Waals surface area contributed by atoms with Gasteiger partial charge >= 0.3 is 0 Å². The third kappa shape index (κ3) is 4.08. The Labute approximate surface area is 187 Å². The number of rotatable bonds is 3. The van der Waals surface area contributed by atoms with Crippen LogP contribution in [0.1, 0.15) is 77.7 Å². The van der Waals surface area contributed by atoms with Crippen molar-refractivity contribution < 1.29 is 9.90 Å². The van der Waals surface area contributed by atoms with Crippen molar-refractivity contribution in [3.8, 4) is 11.8 Å². The van der Waals surface area contributed by atoms with Crippen LogP contribution in [-0.4, -0.2) is 16.5 Å². The van der Waals surface area contributed by atoms with E-state index in [0.29, 0.717) is 41.6 Å². The smallest absolute Gasteiger partial charge is 0.155 e. The summed E-state index contributed by atoms with van der Waals surface area (Å²) >= 11 is 0. The van der Waals surface area contributed by atoms with Gasteiger partial charge in [-0.1, -0.05) is 50.3 Å². The van der Waals surface area contributed by atoms with Crippen LogP contribution in [0.15, 0.2) is 35.9 Å². The van der Waals surface area contributed by atoms with E-state index in [4.69, 9.17) is 5.73 Å². The number of nitrogen functional groups attached to an aromatic ring is 1. The third-order valence-corrected chi connectivity index (χ3v) is 8.71. The molecule has 3 aliphatic rings. The van der Waals surface area contributed by atoms with Gasteiger partial charge in [0.15, 0.2) is 5.78 Å². The van der Waals surface area contributed by atoms with Crippen molar-refractivity contribution >= 4 is 11.5 Å². The summed E-state index contributed by atoms with van der Waals surface area (Å²) < 4.78 is 0. The number of carbonyl (C=O) groups excluding carboxylic acids is 1. The summed E-state index contributed by atoms with van der Waals surface area (Å²) in [6.07, 6.45) is 9.57. The van der Waals surface area contributed by atoms with Crippen molar-refractivity contribution in [2.75, 3.05) is 5.73 Å². The molecule has 3 aliphatic carbocycles. The molecule has 31 heavy (non-hydrogen) atoms. The van der Waals surface area contributed by atoms with E-state index >= 15 is 0 Å².